The predicted molar refractivity (Wildman–Crippen MR) is 143 cm³/mol. The summed E-state index contributed by atoms with van der Waals surface area (Å²) in [5.74, 6) is -0.428. The minimum absolute atomic E-state index is 0.177. The minimum Gasteiger partial charge on any atom is -0.482 e. The number of carbonyl (C=O) groups excluding carboxylic acids is 2. The van der Waals surface area contributed by atoms with E-state index in [0.29, 0.717) is 33.0 Å². The van der Waals surface area contributed by atoms with Gasteiger partial charge in [0.2, 0.25) is 0 Å². The van der Waals surface area contributed by atoms with E-state index in [-0.39, 0.29) is 18.8 Å². The second-order valence-electron chi connectivity index (χ2n) is 8.02. The van der Waals surface area contributed by atoms with Crippen LogP contribution in [-0.2, 0) is 19.1 Å². The molecule has 0 amide bonds. The third-order valence-corrected chi connectivity index (χ3v) is 7.00. The Labute approximate surface area is 225 Å². The average Bonchev–Trinajstić information content (AvgIpc) is 3.17. The first-order chi connectivity index (χ1) is 17.8. The van der Waals surface area contributed by atoms with Crippen LogP contribution in [0.2, 0.25) is 0 Å². The van der Waals surface area contributed by atoms with Gasteiger partial charge in [-0.05, 0) is 62.2 Å². The molecule has 8 nitrogen and oxygen atoms in total. The van der Waals surface area contributed by atoms with E-state index in [0.717, 1.165) is 15.6 Å². The molecular weight excluding hydrogens is 560 g/mol. The molecule has 1 aromatic heterocycles. The molecule has 0 N–H and O–H groups in total. The Kier molecular flexibility index (Phi) is 8.40. The Hall–Kier alpha value is -3.50. The summed E-state index contributed by atoms with van der Waals surface area (Å²) in [5.41, 5.74) is 2.13. The highest BCUT2D eigenvalue weighted by molar-refractivity contribution is 9.10. The number of allylic oxidation sites excluding steroid dienone is 1. The van der Waals surface area contributed by atoms with Gasteiger partial charge in [-0.15, -0.1) is 0 Å². The van der Waals surface area contributed by atoms with E-state index in [1.165, 1.54) is 11.3 Å². The van der Waals surface area contributed by atoms with Gasteiger partial charge in [-0.25, -0.2) is 14.6 Å². The van der Waals surface area contributed by atoms with Crippen LogP contribution < -0.4 is 19.6 Å². The molecule has 1 aliphatic heterocycles. The van der Waals surface area contributed by atoms with Gasteiger partial charge in [0.05, 0.1) is 35.1 Å². The number of rotatable bonds is 8. The fraction of sp³-hybridized carbons (Fsp3) is 0.259. The van der Waals surface area contributed by atoms with E-state index in [4.69, 9.17) is 14.2 Å². The van der Waals surface area contributed by atoms with Crippen molar-refractivity contribution in [1.82, 2.24) is 4.57 Å². The minimum atomic E-state index is -0.673. The highest BCUT2D eigenvalue weighted by Crippen LogP contribution is 2.31. The number of hydrogen-bond acceptors (Lipinski definition) is 8. The largest absolute Gasteiger partial charge is 0.482 e. The van der Waals surface area contributed by atoms with E-state index >= 15 is 0 Å². The lowest BCUT2D eigenvalue weighted by molar-refractivity contribution is -0.145. The molecule has 2 aromatic carbocycles. The number of esters is 2. The fourth-order valence-electron chi connectivity index (χ4n) is 3.94. The second kappa shape index (κ2) is 11.7. The topological polar surface area (TPSA) is 96.2 Å². The van der Waals surface area contributed by atoms with Crippen LogP contribution in [0, 0.1) is 0 Å². The normalized spacial score (nSPS) is 15.1. The zero-order chi connectivity index (χ0) is 26.5. The van der Waals surface area contributed by atoms with Gasteiger partial charge in [-0.3, -0.25) is 9.36 Å². The number of thiazole rings is 1. The number of hydrogen-bond donors (Lipinski definition) is 0. The molecule has 0 spiro atoms. The number of fused-ring (bicyclic) bond motifs is 1. The highest BCUT2D eigenvalue weighted by atomic mass is 79.9. The molecular formula is C27H25BrN2O6S. The van der Waals surface area contributed by atoms with Crippen LogP contribution in [0.3, 0.4) is 0 Å². The van der Waals surface area contributed by atoms with Crippen molar-refractivity contribution < 1.29 is 23.8 Å². The van der Waals surface area contributed by atoms with Crippen molar-refractivity contribution in [1.29, 1.82) is 0 Å². The van der Waals surface area contributed by atoms with Crippen molar-refractivity contribution in [2.75, 3.05) is 19.8 Å². The average molecular weight is 585 g/mol. The lowest BCUT2D eigenvalue weighted by atomic mass is 9.96. The molecule has 3 aromatic rings. The molecule has 0 saturated carbocycles. The first-order valence-electron chi connectivity index (χ1n) is 11.7. The summed E-state index contributed by atoms with van der Waals surface area (Å²) < 4.78 is 18.5. The van der Waals surface area contributed by atoms with E-state index < -0.39 is 18.0 Å². The van der Waals surface area contributed by atoms with E-state index in [9.17, 15) is 14.4 Å². The van der Waals surface area contributed by atoms with Gasteiger partial charge in [0.25, 0.3) is 5.56 Å². The number of carbonyl (C=O) groups is 2. The molecule has 0 fully saturated rings. The van der Waals surface area contributed by atoms with Crippen LogP contribution in [0.25, 0.3) is 6.08 Å². The Balaban J connectivity index is 1.74. The van der Waals surface area contributed by atoms with Crippen molar-refractivity contribution in [2.24, 2.45) is 4.99 Å². The summed E-state index contributed by atoms with van der Waals surface area (Å²) in [4.78, 5) is 43.2. The summed E-state index contributed by atoms with van der Waals surface area (Å²) in [6.45, 7) is 5.56. The van der Waals surface area contributed by atoms with E-state index in [1.54, 1.807) is 55.7 Å². The molecule has 37 heavy (non-hydrogen) atoms. The van der Waals surface area contributed by atoms with Gasteiger partial charge in [-0.1, -0.05) is 51.5 Å². The van der Waals surface area contributed by atoms with Crippen LogP contribution in [0.4, 0.5) is 0 Å². The highest BCUT2D eigenvalue weighted by Gasteiger charge is 2.33. The van der Waals surface area contributed by atoms with E-state index in [2.05, 4.69) is 20.9 Å². The standard InChI is InChI=1S/C27H25BrN2O6S/c1-4-34-22(31)15-36-20-11-9-17(10-12-20)13-21-25(32)30-24(18-7-6-8-19(28)14-18)23(26(33)35-5-2)16(3)29-27(30)37-21/h6-14,24H,4-5,15H2,1-3H3/b21-13-/t24-/m1/s1. The van der Waals surface area contributed by atoms with Crippen molar-refractivity contribution in [3.63, 3.8) is 0 Å². The summed E-state index contributed by atoms with van der Waals surface area (Å²) in [6, 6.07) is 13.8. The van der Waals surface area contributed by atoms with Gasteiger partial charge in [0.15, 0.2) is 11.4 Å². The molecule has 192 valence electrons. The van der Waals surface area contributed by atoms with Crippen molar-refractivity contribution in [3.8, 4) is 5.75 Å². The SMILES string of the molecule is CCOC(=O)COc1ccc(/C=c2\sc3n(c2=O)[C@H](c2cccc(Br)c2)C(C(=O)OCC)=C(C)N=3)cc1. The monoisotopic (exact) mass is 584 g/mol. The number of nitrogens with zero attached hydrogens (tertiary/aromatic N) is 2. The van der Waals surface area contributed by atoms with Gasteiger partial charge in [-0.2, -0.15) is 0 Å². The lowest BCUT2D eigenvalue weighted by Gasteiger charge is -2.24. The predicted octanol–water partition coefficient (Wildman–Crippen LogP) is 3.50. The van der Waals surface area contributed by atoms with Crippen LogP contribution in [0.1, 0.15) is 37.9 Å². The molecule has 4 rings (SSSR count). The Bertz CT molecular complexity index is 1540. The zero-order valence-corrected chi connectivity index (χ0v) is 22.9. The van der Waals surface area contributed by atoms with Crippen molar-refractivity contribution >= 4 is 45.3 Å². The maximum absolute atomic E-state index is 13.6. The summed E-state index contributed by atoms with van der Waals surface area (Å²) in [5, 5.41) is 0. The fourth-order valence-corrected chi connectivity index (χ4v) is 5.40. The van der Waals surface area contributed by atoms with Gasteiger partial charge >= 0.3 is 11.9 Å². The summed E-state index contributed by atoms with van der Waals surface area (Å²) in [7, 11) is 0. The molecule has 10 heteroatoms. The molecule has 0 saturated heterocycles. The first kappa shape index (κ1) is 26.6. The molecule has 0 unspecified atom stereocenters. The van der Waals surface area contributed by atoms with Gasteiger partial charge in [0, 0.05) is 4.47 Å². The van der Waals surface area contributed by atoms with Gasteiger partial charge in [0.1, 0.15) is 5.75 Å². The number of halogens is 1. The molecule has 1 atom stereocenters. The molecule has 0 radical (unpaired) electrons. The smallest absolute Gasteiger partial charge is 0.344 e. The molecule has 1 aliphatic rings. The third kappa shape index (κ3) is 5.91. The lowest BCUT2D eigenvalue weighted by Crippen LogP contribution is -2.39. The Morgan fingerprint density at radius 2 is 1.84 bits per heavy atom. The van der Waals surface area contributed by atoms with Crippen molar-refractivity contribution in [2.45, 2.75) is 26.8 Å². The van der Waals surface area contributed by atoms with Crippen LogP contribution in [-0.4, -0.2) is 36.3 Å². The summed E-state index contributed by atoms with van der Waals surface area (Å²) >= 11 is 4.74. The summed E-state index contributed by atoms with van der Waals surface area (Å²) in [6.07, 6.45) is 1.76. The quantitative estimate of drug-likeness (QED) is 0.376. The third-order valence-electron chi connectivity index (χ3n) is 5.52. The molecule has 0 bridgehead atoms. The van der Waals surface area contributed by atoms with Crippen molar-refractivity contribution in [3.05, 3.63) is 95.1 Å². The number of aromatic nitrogens is 1. The van der Waals surface area contributed by atoms with E-state index in [1.807, 2.05) is 24.3 Å². The maximum Gasteiger partial charge on any atom is 0.344 e. The molecule has 2 heterocycles. The Morgan fingerprint density at radius 1 is 1.11 bits per heavy atom. The first-order valence-corrected chi connectivity index (χ1v) is 13.3. The molecule has 0 aliphatic carbocycles. The van der Waals surface area contributed by atoms with Crippen LogP contribution in [0.15, 0.2) is 74.1 Å². The number of ether oxygens (including phenoxy) is 3. The Morgan fingerprint density at radius 3 is 2.51 bits per heavy atom. The maximum atomic E-state index is 13.6. The van der Waals surface area contributed by atoms with Gasteiger partial charge < -0.3 is 14.2 Å². The second-order valence-corrected chi connectivity index (χ2v) is 9.94. The zero-order valence-electron chi connectivity index (χ0n) is 20.5. The van der Waals surface area contributed by atoms with Crippen LogP contribution in [0.5, 0.6) is 5.75 Å². The number of benzene rings is 2. The van der Waals surface area contributed by atoms with Crippen LogP contribution >= 0.6 is 27.3 Å².